The van der Waals surface area contributed by atoms with Crippen molar-refractivity contribution >= 4 is 11.4 Å². The molecule has 108 valence electrons. The van der Waals surface area contributed by atoms with Crippen LogP contribution in [0.1, 0.15) is 13.8 Å². The fourth-order valence-electron chi connectivity index (χ4n) is 2.09. The van der Waals surface area contributed by atoms with E-state index in [1.807, 2.05) is 13.1 Å². The molecule has 4 nitrogen and oxygen atoms in total. The predicted molar refractivity (Wildman–Crippen MR) is 83.6 cm³/mol. The van der Waals surface area contributed by atoms with Crippen LogP contribution in [0.4, 0.5) is 11.4 Å². The summed E-state index contributed by atoms with van der Waals surface area (Å²) in [7, 11) is 5.74. The fourth-order valence-corrected chi connectivity index (χ4v) is 2.09. The number of nitrogens with one attached hydrogen (secondary N) is 1. The summed E-state index contributed by atoms with van der Waals surface area (Å²) in [4.78, 5) is 4.71. The predicted octanol–water partition coefficient (Wildman–Crippen LogP) is 2.51. The Morgan fingerprint density at radius 3 is 2.37 bits per heavy atom. The molecular formula is C15H27N3O. The van der Waals surface area contributed by atoms with Gasteiger partial charge in [0.2, 0.25) is 0 Å². The zero-order valence-electron chi connectivity index (χ0n) is 12.9. The molecular weight excluding hydrogens is 238 g/mol. The van der Waals surface area contributed by atoms with E-state index in [1.54, 1.807) is 7.11 Å². The molecule has 0 aromatic heterocycles. The zero-order chi connectivity index (χ0) is 14.3. The molecule has 0 aliphatic carbocycles. The molecule has 0 fully saturated rings. The van der Waals surface area contributed by atoms with Crippen molar-refractivity contribution in [1.29, 1.82) is 0 Å². The molecule has 4 heteroatoms. The summed E-state index contributed by atoms with van der Waals surface area (Å²) in [6.07, 6.45) is 0. The van der Waals surface area contributed by atoms with Gasteiger partial charge in [-0.25, -0.2) is 0 Å². The Balaban J connectivity index is 2.68. The number of nitrogens with zero attached hydrogens (tertiary/aromatic N) is 2. The van der Waals surface area contributed by atoms with Crippen molar-refractivity contribution in [3.05, 3.63) is 18.2 Å². The van der Waals surface area contributed by atoms with Gasteiger partial charge in [-0.05, 0) is 31.3 Å². The average molecular weight is 265 g/mol. The van der Waals surface area contributed by atoms with Crippen LogP contribution < -0.4 is 15.0 Å². The minimum atomic E-state index is 0.878. The van der Waals surface area contributed by atoms with Crippen LogP contribution in [0.15, 0.2) is 18.2 Å². The average Bonchev–Trinajstić information content (AvgIpc) is 2.47. The largest absolute Gasteiger partial charge is 0.495 e. The molecule has 0 aliphatic heterocycles. The SMILES string of the molecule is CCN(CC)CCN(C)c1ccc(OC)c(NC)c1. The Morgan fingerprint density at radius 1 is 1.16 bits per heavy atom. The normalized spacial score (nSPS) is 10.6. The first kappa shape index (κ1) is 15.6. The van der Waals surface area contributed by atoms with Crippen LogP contribution in [-0.4, -0.2) is 52.3 Å². The minimum absolute atomic E-state index is 0.878. The van der Waals surface area contributed by atoms with Crippen LogP contribution in [0.2, 0.25) is 0 Å². The lowest BCUT2D eigenvalue weighted by atomic mass is 10.2. The Kier molecular flexibility index (Phi) is 6.50. The van der Waals surface area contributed by atoms with Crippen molar-refractivity contribution in [3.63, 3.8) is 0 Å². The van der Waals surface area contributed by atoms with Gasteiger partial charge < -0.3 is 19.9 Å². The van der Waals surface area contributed by atoms with E-state index in [-0.39, 0.29) is 0 Å². The van der Waals surface area contributed by atoms with E-state index in [4.69, 9.17) is 4.74 Å². The van der Waals surface area contributed by atoms with E-state index in [0.29, 0.717) is 0 Å². The number of hydrogen-bond acceptors (Lipinski definition) is 4. The summed E-state index contributed by atoms with van der Waals surface area (Å²) in [6, 6.07) is 6.23. The lowest BCUT2D eigenvalue weighted by Crippen LogP contribution is -2.33. The molecule has 0 radical (unpaired) electrons. The third-order valence-electron chi connectivity index (χ3n) is 3.54. The summed E-state index contributed by atoms with van der Waals surface area (Å²) in [5, 5.41) is 3.17. The van der Waals surface area contributed by atoms with Gasteiger partial charge in [-0.3, -0.25) is 0 Å². The van der Waals surface area contributed by atoms with Crippen molar-refractivity contribution in [2.24, 2.45) is 0 Å². The second-order valence-electron chi connectivity index (χ2n) is 4.58. The summed E-state index contributed by atoms with van der Waals surface area (Å²) >= 11 is 0. The number of rotatable bonds is 8. The summed E-state index contributed by atoms with van der Waals surface area (Å²) < 4.78 is 5.31. The topological polar surface area (TPSA) is 27.7 Å². The van der Waals surface area contributed by atoms with E-state index in [1.165, 1.54) is 5.69 Å². The van der Waals surface area contributed by atoms with Crippen molar-refractivity contribution in [2.45, 2.75) is 13.8 Å². The third kappa shape index (κ3) is 4.31. The van der Waals surface area contributed by atoms with Gasteiger partial charge in [0.15, 0.2) is 0 Å². The van der Waals surface area contributed by atoms with E-state index in [2.05, 4.69) is 48.1 Å². The summed E-state index contributed by atoms with van der Waals surface area (Å²) in [6.45, 7) is 8.73. The lowest BCUT2D eigenvalue weighted by Gasteiger charge is -2.25. The molecule has 1 rings (SSSR count). The van der Waals surface area contributed by atoms with Crippen LogP contribution in [0.3, 0.4) is 0 Å². The number of hydrogen-bond donors (Lipinski definition) is 1. The monoisotopic (exact) mass is 265 g/mol. The molecule has 0 saturated carbocycles. The highest BCUT2D eigenvalue weighted by molar-refractivity contribution is 5.65. The minimum Gasteiger partial charge on any atom is -0.495 e. The molecule has 0 atom stereocenters. The first-order valence-electron chi connectivity index (χ1n) is 6.95. The van der Waals surface area contributed by atoms with Crippen LogP contribution in [-0.2, 0) is 0 Å². The molecule has 0 unspecified atom stereocenters. The van der Waals surface area contributed by atoms with Gasteiger partial charge in [-0.15, -0.1) is 0 Å². The van der Waals surface area contributed by atoms with Crippen LogP contribution in [0.5, 0.6) is 5.75 Å². The quantitative estimate of drug-likeness (QED) is 0.781. The highest BCUT2D eigenvalue weighted by atomic mass is 16.5. The Labute approximate surface area is 117 Å². The Bertz CT molecular complexity index is 378. The van der Waals surface area contributed by atoms with Gasteiger partial charge in [0.25, 0.3) is 0 Å². The smallest absolute Gasteiger partial charge is 0.142 e. The first-order chi connectivity index (χ1) is 9.15. The Morgan fingerprint density at radius 2 is 1.84 bits per heavy atom. The van der Waals surface area contributed by atoms with Gasteiger partial charge in [0, 0.05) is 32.9 Å². The summed E-state index contributed by atoms with van der Waals surface area (Å²) in [5.74, 6) is 0.878. The first-order valence-corrected chi connectivity index (χ1v) is 6.95. The van der Waals surface area contributed by atoms with E-state index in [9.17, 15) is 0 Å². The fraction of sp³-hybridized carbons (Fsp3) is 0.600. The summed E-state index contributed by atoms with van der Waals surface area (Å²) in [5.41, 5.74) is 2.23. The highest BCUT2D eigenvalue weighted by Crippen LogP contribution is 2.28. The van der Waals surface area contributed by atoms with E-state index < -0.39 is 0 Å². The van der Waals surface area contributed by atoms with Crippen molar-refractivity contribution in [3.8, 4) is 5.75 Å². The number of likely N-dealkylation sites (N-methyl/N-ethyl adjacent to an activating group) is 2. The zero-order valence-corrected chi connectivity index (χ0v) is 12.9. The molecule has 0 heterocycles. The molecule has 0 spiro atoms. The molecule has 1 N–H and O–H groups in total. The molecule has 1 aromatic carbocycles. The third-order valence-corrected chi connectivity index (χ3v) is 3.54. The molecule has 0 amide bonds. The van der Waals surface area contributed by atoms with Crippen molar-refractivity contribution in [1.82, 2.24) is 4.90 Å². The maximum absolute atomic E-state index is 5.31. The number of ether oxygens (including phenoxy) is 1. The van der Waals surface area contributed by atoms with Crippen molar-refractivity contribution in [2.75, 3.05) is 57.6 Å². The van der Waals surface area contributed by atoms with Gasteiger partial charge in [-0.2, -0.15) is 0 Å². The second-order valence-corrected chi connectivity index (χ2v) is 4.58. The van der Waals surface area contributed by atoms with Crippen LogP contribution in [0.25, 0.3) is 0 Å². The molecule has 1 aromatic rings. The van der Waals surface area contributed by atoms with Crippen LogP contribution in [0, 0.1) is 0 Å². The van der Waals surface area contributed by atoms with Gasteiger partial charge in [-0.1, -0.05) is 13.8 Å². The van der Waals surface area contributed by atoms with Gasteiger partial charge in [0.1, 0.15) is 5.75 Å². The molecule has 19 heavy (non-hydrogen) atoms. The molecule has 0 aliphatic rings. The molecule has 0 bridgehead atoms. The maximum Gasteiger partial charge on any atom is 0.142 e. The van der Waals surface area contributed by atoms with Gasteiger partial charge in [0.05, 0.1) is 12.8 Å². The lowest BCUT2D eigenvalue weighted by molar-refractivity contribution is 0.311. The number of anilines is 2. The Hall–Kier alpha value is -1.42. The van der Waals surface area contributed by atoms with Crippen molar-refractivity contribution < 1.29 is 4.74 Å². The van der Waals surface area contributed by atoms with E-state index in [0.717, 1.165) is 37.6 Å². The number of benzene rings is 1. The van der Waals surface area contributed by atoms with Gasteiger partial charge >= 0.3 is 0 Å². The number of methoxy groups -OCH3 is 1. The van der Waals surface area contributed by atoms with Crippen LogP contribution >= 0.6 is 0 Å². The highest BCUT2D eigenvalue weighted by Gasteiger charge is 2.07. The second kappa shape index (κ2) is 7.89. The standard InChI is InChI=1S/C15H27N3O/c1-6-18(7-2)11-10-17(4)13-8-9-15(19-5)14(12-13)16-3/h8-9,12,16H,6-7,10-11H2,1-5H3. The molecule has 0 saturated heterocycles. The van der Waals surface area contributed by atoms with E-state index >= 15 is 0 Å². The maximum atomic E-state index is 5.31.